The molecular weight excluding hydrogens is 447 g/mol. The monoisotopic (exact) mass is 473 g/mol. The molecule has 0 bridgehead atoms. The molecule has 176 valence electrons. The molecule has 1 heterocycles. The van der Waals surface area contributed by atoms with Crippen molar-refractivity contribution in [3.63, 3.8) is 0 Å². The van der Waals surface area contributed by atoms with Crippen LogP contribution in [0.2, 0.25) is 0 Å². The number of hydrogen-bond acceptors (Lipinski definition) is 5. The van der Waals surface area contributed by atoms with Gasteiger partial charge in [0.15, 0.2) is 0 Å². The molecule has 0 saturated heterocycles. The minimum absolute atomic E-state index is 0.141. The number of alkyl halides is 3. The molecular formula is C21H26F3N3O4S. The number of halogens is 3. The van der Waals surface area contributed by atoms with Crippen molar-refractivity contribution in [1.29, 1.82) is 0 Å². The summed E-state index contributed by atoms with van der Waals surface area (Å²) in [4.78, 5) is 10.5. The summed E-state index contributed by atoms with van der Waals surface area (Å²) in [7, 11) is -4.22. The van der Waals surface area contributed by atoms with E-state index in [0.29, 0.717) is 43.0 Å². The summed E-state index contributed by atoms with van der Waals surface area (Å²) in [5.41, 5.74) is 0.802. The first kappa shape index (κ1) is 24.2. The van der Waals surface area contributed by atoms with E-state index in [1.807, 2.05) is 0 Å². The highest BCUT2D eigenvalue weighted by Crippen LogP contribution is 2.35. The van der Waals surface area contributed by atoms with E-state index < -0.39 is 38.7 Å². The van der Waals surface area contributed by atoms with Crippen molar-refractivity contribution in [1.82, 2.24) is 14.5 Å². The van der Waals surface area contributed by atoms with E-state index >= 15 is 0 Å². The zero-order chi connectivity index (χ0) is 23.7. The zero-order valence-electron chi connectivity index (χ0n) is 18.1. The molecule has 7 nitrogen and oxygen atoms in total. The van der Waals surface area contributed by atoms with Crippen molar-refractivity contribution >= 4 is 16.0 Å². The third-order valence-electron chi connectivity index (χ3n) is 5.40. The van der Waals surface area contributed by atoms with E-state index in [-0.39, 0.29) is 12.5 Å². The van der Waals surface area contributed by atoms with Crippen molar-refractivity contribution in [3.8, 4) is 0 Å². The molecule has 3 rings (SSSR count). The first-order chi connectivity index (χ1) is 14.9. The van der Waals surface area contributed by atoms with Crippen LogP contribution in [0.5, 0.6) is 0 Å². The lowest BCUT2D eigenvalue weighted by Gasteiger charge is -2.24. The maximum atomic E-state index is 13.4. The Bertz CT molecular complexity index is 1090. The number of ether oxygens (including phenoxy) is 1. The van der Waals surface area contributed by atoms with Gasteiger partial charge in [-0.15, -0.1) is 0 Å². The Kier molecular flexibility index (Phi) is 6.99. The Morgan fingerprint density at radius 3 is 2.66 bits per heavy atom. The topological polar surface area (TPSA) is 90.3 Å². The lowest BCUT2D eigenvalue weighted by Crippen LogP contribution is -2.31. The van der Waals surface area contributed by atoms with E-state index in [4.69, 9.17) is 4.74 Å². The molecule has 0 amide bonds. The Morgan fingerprint density at radius 2 is 2.03 bits per heavy atom. The lowest BCUT2D eigenvalue weighted by molar-refractivity contribution is -0.141. The van der Waals surface area contributed by atoms with Gasteiger partial charge in [0.05, 0.1) is 29.2 Å². The molecule has 1 atom stereocenters. The second kappa shape index (κ2) is 9.22. The molecule has 11 heteroatoms. The normalized spacial score (nSPS) is 16.8. The van der Waals surface area contributed by atoms with Crippen LogP contribution in [-0.4, -0.2) is 30.8 Å². The number of nitrogens with one attached hydrogen (secondary N) is 1. The molecule has 2 aromatic rings. The quantitative estimate of drug-likeness (QED) is 0.615. The van der Waals surface area contributed by atoms with Gasteiger partial charge >= 0.3 is 12.1 Å². The Labute approximate surface area is 185 Å². The van der Waals surface area contributed by atoms with Crippen LogP contribution in [0.25, 0.3) is 0 Å². The number of hydrogen-bond donors (Lipinski definition) is 1. The summed E-state index contributed by atoms with van der Waals surface area (Å²) in [6.45, 7) is 5.19. The number of carbonyl (C=O) groups excluding carboxylic acids is 1. The number of rotatable bonds is 7. The maximum absolute atomic E-state index is 13.4. The average molecular weight is 474 g/mol. The fourth-order valence-electron chi connectivity index (χ4n) is 3.74. The summed E-state index contributed by atoms with van der Waals surface area (Å²) < 4.78 is 75.3. The van der Waals surface area contributed by atoms with Gasteiger partial charge in [-0.25, -0.2) is 13.1 Å². The number of nitrogens with zero attached hydrogens (tertiary/aromatic N) is 2. The van der Waals surface area contributed by atoms with Gasteiger partial charge in [-0.2, -0.15) is 18.3 Å². The largest absolute Gasteiger partial charge is 0.464 e. The molecule has 0 unspecified atom stereocenters. The summed E-state index contributed by atoms with van der Waals surface area (Å²) in [6, 6.07) is 2.33. The molecule has 0 radical (unpaired) electrons. The summed E-state index contributed by atoms with van der Waals surface area (Å²) in [5, 5.41) is 4.27. The predicted octanol–water partition coefficient (Wildman–Crippen LogP) is 3.94. The number of esters is 1. The van der Waals surface area contributed by atoms with E-state index in [1.165, 1.54) is 13.0 Å². The Hall–Kier alpha value is -2.40. The van der Waals surface area contributed by atoms with E-state index in [2.05, 4.69) is 9.82 Å². The predicted molar refractivity (Wildman–Crippen MR) is 110 cm³/mol. The highest BCUT2D eigenvalue weighted by atomic mass is 32.2. The smallest absolute Gasteiger partial charge is 0.416 e. The van der Waals surface area contributed by atoms with Gasteiger partial charge in [-0.3, -0.25) is 9.48 Å². The summed E-state index contributed by atoms with van der Waals surface area (Å²) in [6.07, 6.45) is -1.25. The fraction of sp³-hybridized carbons (Fsp3) is 0.524. The van der Waals surface area contributed by atoms with Crippen LogP contribution in [0.1, 0.15) is 68.0 Å². The second-order valence-electron chi connectivity index (χ2n) is 8.12. The van der Waals surface area contributed by atoms with E-state index in [9.17, 15) is 26.4 Å². The van der Waals surface area contributed by atoms with Crippen LogP contribution in [-0.2, 0) is 38.7 Å². The zero-order valence-corrected chi connectivity index (χ0v) is 18.9. The van der Waals surface area contributed by atoms with E-state index in [0.717, 1.165) is 11.8 Å². The number of benzene rings is 1. The van der Waals surface area contributed by atoms with Crippen molar-refractivity contribution in [2.45, 2.75) is 69.6 Å². The highest BCUT2D eigenvalue weighted by molar-refractivity contribution is 7.89. The minimum atomic E-state index is -4.66. The minimum Gasteiger partial charge on any atom is -0.464 e. The molecule has 0 spiro atoms. The number of fused-ring (bicyclic) bond motifs is 1. The van der Waals surface area contributed by atoms with Crippen LogP contribution >= 0.6 is 0 Å². The van der Waals surface area contributed by atoms with Crippen LogP contribution in [0.15, 0.2) is 29.3 Å². The third kappa shape index (κ3) is 5.50. The van der Waals surface area contributed by atoms with Gasteiger partial charge < -0.3 is 4.74 Å². The molecule has 1 aliphatic carbocycles. The van der Waals surface area contributed by atoms with Gasteiger partial charge in [-0.1, -0.05) is 13.8 Å². The number of aromatic nitrogens is 2. The van der Waals surface area contributed by atoms with Crippen LogP contribution < -0.4 is 4.72 Å². The molecule has 0 saturated carbocycles. The van der Waals surface area contributed by atoms with Gasteiger partial charge in [-0.05, 0) is 48.9 Å². The van der Waals surface area contributed by atoms with Gasteiger partial charge in [0, 0.05) is 18.2 Å². The SMILES string of the molecule is CC(=O)OCCn1ncc2c1CCC[C@H]2NS(=O)(=O)c1cc(C(C)C)cc(C(F)(F)F)c1. The third-order valence-corrected chi connectivity index (χ3v) is 6.85. The fourth-order valence-corrected chi connectivity index (χ4v) is 5.07. The lowest BCUT2D eigenvalue weighted by atomic mass is 9.94. The van der Waals surface area contributed by atoms with Gasteiger partial charge in [0.2, 0.25) is 10.0 Å². The molecule has 1 aromatic carbocycles. The molecule has 1 aromatic heterocycles. The Balaban J connectivity index is 1.88. The summed E-state index contributed by atoms with van der Waals surface area (Å²) in [5.74, 6) is -0.679. The van der Waals surface area contributed by atoms with Crippen molar-refractivity contribution in [3.05, 3.63) is 46.8 Å². The maximum Gasteiger partial charge on any atom is 0.416 e. The Morgan fingerprint density at radius 1 is 1.31 bits per heavy atom. The number of carbonyl (C=O) groups is 1. The van der Waals surface area contributed by atoms with Gasteiger partial charge in [0.1, 0.15) is 6.61 Å². The summed E-state index contributed by atoms with van der Waals surface area (Å²) >= 11 is 0. The second-order valence-corrected chi connectivity index (χ2v) is 9.83. The molecule has 32 heavy (non-hydrogen) atoms. The first-order valence-corrected chi connectivity index (χ1v) is 11.8. The first-order valence-electron chi connectivity index (χ1n) is 10.3. The van der Waals surface area contributed by atoms with Crippen molar-refractivity contribution < 1.29 is 31.1 Å². The van der Waals surface area contributed by atoms with Crippen LogP contribution in [0.4, 0.5) is 13.2 Å². The molecule has 1 aliphatic rings. The standard InChI is InChI=1S/C21H26F3N3O4S/c1-13(2)15-9-16(21(22,23)24)11-17(10-15)32(29,30)26-19-5-4-6-20-18(19)12-25-27(20)7-8-31-14(3)28/h9-13,19,26H,4-8H2,1-3H3/t19-/m1/s1. The van der Waals surface area contributed by atoms with Crippen LogP contribution in [0, 0.1) is 0 Å². The molecule has 1 N–H and O–H groups in total. The van der Waals surface area contributed by atoms with Crippen molar-refractivity contribution in [2.75, 3.05) is 6.61 Å². The van der Waals surface area contributed by atoms with E-state index in [1.54, 1.807) is 24.7 Å². The van der Waals surface area contributed by atoms with Crippen LogP contribution in [0.3, 0.4) is 0 Å². The van der Waals surface area contributed by atoms with Crippen molar-refractivity contribution in [2.24, 2.45) is 0 Å². The highest BCUT2D eigenvalue weighted by Gasteiger charge is 2.34. The van der Waals surface area contributed by atoms with Gasteiger partial charge in [0.25, 0.3) is 0 Å². The molecule has 0 fully saturated rings. The number of sulfonamides is 1. The molecule has 0 aliphatic heterocycles. The average Bonchev–Trinajstić information content (AvgIpc) is 3.10.